The Morgan fingerprint density at radius 3 is 2.66 bits per heavy atom. The zero-order valence-corrected chi connectivity index (χ0v) is 16.5. The van der Waals surface area contributed by atoms with Gasteiger partial charge < -0.3 is 4.74 Å². The standard InChI is InChI=1S/C23H18N2O3S/c1-15-6-4-7-16(12-15)14-28-23(27)24-18-9-5-8-17(13-18)21(26)22-25-19-10-2-3-11-20(19)29-22/h2-13H,14H2,1H3,(H,24,27). The highest BCUT2D eigenvalue weighted by molar-refractivity contribution is 7.20. The number of ether oxygens (including phenoxy) is 1. The number of carbonyl (C=O) groups is 2. The van der Waals surface area contributed by atoms with Crippen molar-refractivity contribution in [2.24, 2.45) is 0 Å². The molecule has 144 valence electrons. The van der Waals surface area contributed by atoms with Gasteiger partial charge in [-0.15, -0.1) is 11.3 Å². The van der Waals surface area contributed by atoms with E-state index in [0.717, 1.165) is 21.3 Å². The van der Waals surface area contributed by atoms with Crippen LogP contribution in [0.3, 0.4) is 0 Å². The second-order valence-electron chi connectivity index (χ2n) is 6.59. The monoisotopic (exact) mass is 402 g/mol. The summed E-state index contributed by atoms with van der Waals surface area (Å²) in [7, 11) is 0. The van der Waals surface area contributed by atoms with Crippen LogP contribution in [0.25, 0.3) is 10.2 Å². The Kier molecular flexibility index (Phi) is 5.35. The molecular weight excluding hydrogens is 384 g/mol. The fourth-order valence-electron chi connectivity index (χ4n) is 2.94. The molecule has 0 radical (unpaired) electrons. The zero-order chi connectivity index (χ0) is 20.2. The number of thiazole rings is 1. The van der Waals surface area contributed by atoms with Gasteiger partial charge in [-0.1, -0.05) is 54.1 Å². The number of nitrogens with zero attached hydrogens (tertiary/aromatic N) is 1. The van der Waals surface area contributed by atoms with Crippen LogP contribution in [0.4, 0.5) is 10.5 Å². The fraction of sp³-hybridized carbons (Fsp3) is 0.0870. The summed E-state index contributed by atoms with van der Waals surface area (Å²) in [5.74, 6) is -0.178. The maximum absolute atomic E-state index is 12.8. The molecule has 0 bridgehead atoms. The lowest BCUT2D eigenvalue weighted by Gasteiger charge is -2.08. The SMILES string of the molecule is Cc1cccc(COC(=O)Nc2cccc(C(=O)c3nc4ccccc4s3)c2)c1. The highest BCUT2D eigenvalue weighted by Crippen LogP contribution is 2.24. The number of nitrogens with one attached hydrogen (secondary N) is 1. The Morgan fingerprint density at radius 1 is 1.00 bits per heavy atom. The Morgan fingerprint density at radius 2 is 1.83 bits per heavy atom. The average Bonchev–Trinajstić information content (AvgIpc) is 3.16. The van der Waals surface area contributed by atoms with Gasteiger partial charge in [-0.25, -0.2) is 9.78 Å². The van der Waals surface area contributed by atoms with Crippen molar-refractivity contribution >= 4 is 39.1 Å². The number of para-hydroxylation sites is 1. The van der Waals surface area contributed by atoms with Crippen LogP contribution in [0.5, 0.6) is 0 Å². The van der Waals surface area contributed by atoms with E-state index in [9.17, 15) is 9.59 Å². The Labute approximate surface area is 172 Å². The molecule has 0 unspecified atom stereocenters. The Hall–Kier alpha value is -3.51. The third kappa shape index (κ3) is 4.50. The second kappa shape index (κ2) is 8.24. The molecule has 0 fully saturated rings. The Bertz CT molecular complexity index is 1170. The molecule has 0 saturated carbocycles. The van der Waals surface area contributed by atoms with Crippen LogP contribution < -0.4 is 5.32 Å². The topological polar surface area (TPSA) is 68.3 Å². The number of fused-ring (bicyclic) bond motifs is 1. The van der Waals surface area contributed by atoms with Gasteiger partial charge in [0.2, 0.25) is 5.78 Å². The van der Waals surface area contributed by atoms with Crippen LogP contribution in [0.1, 0.15) is 26.5 Å². The summed E-state index contributed by atoms with van der Waals surface area (Å²) in [6.07, 6.45) is -0.573. The zero-order valence-electron chi connectivity index (χ0n) is 15.7. The number of amides is 1. The number of aromatic nitrogens is 1. The fourth-order valence-corrected chi connectivity index (χ4v) is 3.86. The molecule has 0 saturated heterocycles. The first-order valence-electron chi connectivity index (χ1n) is 9.08. The molecule has 29 heavy (non-hydrogen) atoms. The lowest BCUT2D eigenvalue weighted by atomic mass is 10.1. The molecule has 0 aliphatic rings. The molecule has 5 nitrogen and oxygen atoms in total. The molecule has 0 aliphatic heterocycles. The van der Waals surface area contributed by atoms with Crippen molar-refractivity contribution in [2.75, 3.05) is 5.32 Å². The number of anilines is 1. The minimum Gasteiger partial charge on any atom is -0.444 e. The molecule has 1 heterocycles. The molecule has 1 aromatic heterocycles. The first-order valence-corrected chi connectivity index (χ1v) is 9.90. The summed E-state index contributed by atoms with van der Waals surface area (Å²) < 4.78 is 6.23. The van der Waals surface area contributed by atoms with E-state index in [0.29, 0.717) is 16.3 Å². The summed E-state index contributed by atoms with van der Waals surface area (Å²) in [5.41, 5.74) is 3.77. The van der Waals surface area contributed by atoms with Crippen LogP contribution in [0.2, 0.25) is 0 Å². The van der Waals surface area contributed by atoms with Gasteiger partial charge in [0.05, 0.1) is 10.2 Å². The number of rotatable bonds is 5. The van der Waals surface area contributed by atoms with Gasteiger partial charge in [-0.05, 0) is 36.8 Å². The first-order chi connectivity index (χ1) is 14.1. The number of carbonyl (C=O) groups excluding carboxylic acids is 2. The summed E-state index contributed by atoms with van der Waals surface area (Å²) in [6, 6.07) is 22.2. The minimum atomic E-state index is -0.573. The predicted molar refractivity (Wildman–Crippen MR) is 114 cm³/mol. The second-order valence-corrected chi connectivity index (χ2v) is 7.62. The van der Waals surface area contributed by atoms with Crippen LogP contribution in [-0.4, -0.2) is 16.9 Å². The van der Waals surface area contributed by atoms with E-state index in [2.05, 4.69) is 10.3 Å². The third-order valence-corrected chi connectivity index (χ3v) is 5.35. The van der Waals surface area contributed by atoms with Gasteiger partial charge in [-0.3, -0.25) is 10.1 Å². The molecule has 4 aromatic rings. The van der Waals surface area contributed by atoms with Gasteiger partial charge in [0.25, 0.3) is 0 Å². The van der Waals surface area contributed by atoms with E-state index < -0.39 is 6.09 Å². The predicted octanol–water partition coefficient (Wildman–Crippen LogP) is 5.58. The van der Waals surface area contributed by atoms with Crippen LogP contribution >= 0.6 is 11.3 Å². The number of aryl methyl sites for hydroxylation is 1. The largest absolute Gasteiger partial charge is 0.444 e. The summed E-state index contributed by atoms with van der Waals surface area (Å²) in [5, 5.41) is 3.09. The minimum absolute atomic E-state index is 0.178. The number of hydrogen-bond donors (Lipinski definition) is 1. The van der Waals surface area contributed by atoms with Gasteiger partial charge >= 0.3 is 6.09 Å². The van der Waals surface area contributed by atoms with Crippen LogP contribution in [0.15, 0.2) is 72.8 Å². The molecule has 6 heteroatoms. The molecule has 3 aromatic carbocycles. The van der Waals surface area contributed by atoms with Gasteiger partial charge in [0.15, 0.2) is 5.01 Å². The van der Waals surface area contributed by atoms with Crippen molar-refractivity contribution in [3.8, 4) is 0 Å². The van der Waals surface area contributed by atoms with E-state index in [4.69, 9.17) is 4.74 Å². The smallest absolute Gasteiger partial charge is 0.411 e. The quantitative estimate of drug-likeness (QED) is 0.442. The number of hydrogen-bond acceptors (Lipinski definition) is 5. The maximum atomic E-state index is 12.8. The van der Waals surface area contributed by atoms with Gasteiger partial charge in [0.1, 0.15) is 6.61 Å². The normalized spacial score (nSPS) is 10.7. The van der Waals surface area contributed by atoms with Gasteiger partial charge in [0, 0.05) is 11.3 Å². The lowest BCUT2D eigenvalue weighted by molar-refractivity contribution is 0.103. The van der Waals surface area contributed by atoms with E-state index in [1.807, 2.05) is 55.5 Å². The number of benzene rings is 3. The van der Waals surface area contributed by atoms with Crippen LogP contribution in [0, 0.1) is 6.92 Å². The van der Waals surface area contributed by atoms with Gasteiger partial charge in [-0.2, -0.15) is 0 Å². The molecule has 1 amide bonds. The summed E-state index contributed by atoms with van der Waals surface area (Å²) >= 11 is 1.35. The average molecular weight is 402 g/mol. The van der Waals surface area contributed by atoms with E-state index >= 15 is 0 Å². The lowest BCUT2D eigenvalue weighted by Crippen LogP contribution is -2.14. The first kappa shape index (κ1) is 18.8. The van der Waals surface area contributed by atoms with Crippen LogP contribution in [-0.2, 0) is 11.3 Å². The molecule has 0 spiro atoms. The molecule has 1 N–H and O–H groups in total. The molecular formula is C23H18N2O3S. The van der Waals surface area contributed by atoms with E-state index in [-0.39, 0.29) is 12.4 Å². The number of ketones is 1. The van der Waals surface area contributed by atoms with Crippen molar-refractivity contribution in [1.29, 1.82) is 0 Å². The maximum Gasteiger partial charge on any atom is 0.411 e. The van der Waals surface area contributed by atoms with Crippen molar-refractivity contribution in [3.63, 3.8) is 0 Å². The van der Waals surface area contributed by atoms with Crippen molar-refractivity contribution < 1.29 is 14.3 Å². The van der Waals surface area contributed by atoms with E-state index in [1.165, 1.54) is 11.3 Å². The van der Waals surface area contributed by atoms with Crippen molar-refractivity contribution in [3.05, 3.63) is 94.5 Å². The highest BCUT2D eigenvalue weighted by atomic mass is 32.1. The summed E-state index contributed by atoms with van der Waals surface area (Å²) in [6.45, 7) is 2.16. The van der Waals surface area contributed by atoms with Crippen molar-refractivity contribution in [2.45, 2.75) is 13.5 Å². The van der Waals surface area contributed by atoms with Crippen molar-refractivity contribution in [1.82, 2.24) is 4.98 Å². The third-order valence-electron chi connectivity index (χ3n) is 4.31. The molecule has 0 atom stereocenters. The van der Waals surface area contributed by atoms with E-state index in [1.54, 1.807) is 24.3 Å². The molecule has 0 aliphatic carbocycles. The summed E-state index contributed by atoms with van der Waals surface area (Å²) in [4.78, 5) is 29.3. The Balaban J connectivity index is 1.44. The molecule has 4 rings (SSSR count). The highest BCUT2D eigenvalue weighted by Gasteiger charge is 2.15.